The molecule has 0 unspecified atom stereocenters. The minimum atomic E-state index is -4.41. The van der Waals surface area contributed by atoms with E-state index in [4.69, 9.17) is 4.74 Å². The number of ether oxygens (including phenoxy) is 1. The van der Waals surface area contributed by atoms with Crippen molar-refractivity contribution in [2.75, 3.05) is 38.7 Å². The highest BCUT2D eigenvalue weighted by Crippen LogP contribution is 2.27. The number of hydrogen-bond acceptors (Lipinski definition) is 4. The van der Waals surface area contributed by atoms with Crippen molar-refractivity contribution in [1.82, 2.24) is 10.3 Å². The van der Waals surface area contributed by atoms with Crippen LogP contribution in [0.1, 0.15) is 5.69 Å². The van der Waals surface area contributed by atoms with E-state index in [1.165, 1.54) is 12.1 Å². The van der Waals surface area contributed by atoms with Crippen molar-refractivity contribution in [3.63, 3.8) is 0 Å². The van der Waals surface area contributed by atoms with Crippen LogP contribution in [0.25, 0.3) is 0 Å². The standard InChI is InChI=1S/C11H16F3N3O/c1-18-8-7-15-5-6-16-10-4-2-3-9(17-10)11(12,13)14/h2-4,15H,5-8H2,1H3,(H,16,17). The molecular formula is C11H16F3N3O. The van der Waals surface area contributed by atoms with Crippen LogP contribution in [-0.2, 0) is 10.9 Å². The van der Waals surface area contributed by atoms with Crippen LogP contribution in [0.15, 0.2) is 18.2 Å². The number of nitrogens with one attached hydrogen (secondary N) is 2. The van der Waals surface area contributed by atoms with Crippen molar-refractivity contribution in [2.45, 2.75) is 6.18 Å². The minimum absolute atomic E-state index is 0.221. The SMILES string of the molecule is COCCNCCNc1cccc(C(F)(F)F)n1. The Kier molecular flexibility index (Phi) is 5.87. The topological polar surface area (TPSA) is 46.2 Å². The first-order chi connectivity index (χ1) is 8.54. The molecule has 0 spiro atoms. The van der Waals surface area contributed by atoms with Gasteiger partial charge in [0.2, 0.25) is 0 Å². The molecule has 4 nitrogen and oxygen atoms in total. The van der Waals surface area contributed by atoms with Crippen LogP contribution >= 0.6 is 0 Å². The molecule has 102 valence electrons. The summed E-state index contributed by atoms with van der Waals surface area (Å²) in [5, 5.41) is 5.88. The first kappa shape index (κ1) is 14.7. The molecule has 1 aromatic heterocycles. The molecular weight excluding hydrogens is 247 g/mol. The number of anilines is 1. The van der Waals surface area contributed by atoms with Crippen LogP contribution in [0, 0.1) is 0 Å². The molecule has 18 heavy (non-hydrogen) atoms. The van der Waals surface area contributed by atoms with Gasteiger partial charge in [0.05, 0.1) is 6.61 Å². The van der Waals surface area contributed by atoms with Crippen LogP contribution in [-0.4, -0.2) is 38.3 Å². The van der Waals surface area contributed by atoms with Gasteiger partial charge in [-0.3, -0.25) is 0 Å². The quantitative estimate of drug-likeness (QED) is 0.736. The zero-order valence-electron chi connectivity index (χ0n) is 10.0. The molecule has 1 heterocycles. The lowest BCUT2D eigenvalue weighted by molar-refractivity contribution is -0.141. The summed E-state index contributed by atoms with van der Waals surface area (Å²) in [6.07, 6.45) is -4.41. The van der Waals surface area contributed by atoms with E-state index in [0.29, 0.717) is 26.2 Å². The summed E-state index contributed by atoms with van der Waals surface area (Å²) < 4.78 is 42.0. The maximum absolute atomic E-state index is 12.4. The predicted molar refractivity (Wildman–Crippen MR) is 62.5 cm³/mol. The smallest absolute Gasteiger partial charge is 0.383 e. The summed E-state index contributed by atoms with van der Waals surface area (Å²) in [7, 11) is 1.60. The van der Waals surface area contributed by atoms with E-state index >= 15 is 0 Å². The zero-order chi connectivity index (χ0) is 13.4. The van der Waals surface area contributed by atoms with Gasteiger partial charge < -0.3 is 15.4 Å². The summed E-state index contributed by atoms with van der Waals surface area (Å²) in [6.45, 7) is 2.43. The van der Waals surface area contributed by atoms with Crippen LogP contribution in [0.3, 0.4) is 0 Å². The van der Waals surface area contributed by atoms with Gasteiger partial charge in [0.25, 0.3) is 0 Å². The van der Waals surface area contributed by atoms with Crippen molar-refractivity contribution in [2.24, 2.45) is 0 Å². The predicted octanol–water partition coefficient (Wildman–Crippen LogP) is 1.75. The van der Waals surface area contributed by atoms with Crippen LogP contribution in [0.2, 0.25) is 0 Å². The molecule has 0 amide bonds. The van der Waals surface area contributed by atoms with E-state index in [1.54, 1.807) is 7.11 Å². The molecule has 1 aromatic rings. The Morgan fingerprint density at radius 3 is 2.67 bits per heavy atom. The Labute approximate surface area is 104 Å². The van der Waals surface area contributed by atoms with Crippen molar-refractivity contribution < 1.29 is 17.9 Å². The molecule has 2 N–H and O–H groups in total. The molecule has 1 rings (SSSR count). The number of halogens is 3. The Morgan fingerprint density at radius 1 is 1.22 bits per heavy atom. The largest absolute Gasteiger partial charge is 0.433 e. The summed E-state index contributed by atoms with van der Waals surface area (Å²) in [5.74, 6) is 0.221. The Bertz CT molecular complexity index is 358. The molecule has 0 aliphatic rings. The molecule has 0 bridgehead atoms. The van der Waals surface area contributed by atoms with Crippen LogP contribution < -0.4 is 10.6 Å². The summed E-state index contributed by atoms with van der Waals surface area (Å²) >= 11 is 0. The van der Waals surface area contributed by atoms with E-state index in [-0.39, 0.29) is 5.82 Å². The van der Waals surface area contributed by atoms with E-state index in [1.807, 2.05) is 0 Å². The average Bonchev–Trinajstić information content (AvgIpc) is 2.33. The van der Waals surface area contributed by atoms with E-state index in [2.05, 4.69) is 15.6 Å². The van der Waals surface area contributed by atoms with Crippen LogP contribution in [0.4, 0.5) is 19.0 Å². The van der Waals surface area contributed by atoms with E-state index < -0.39 is 11.9 Å². The van der Waals surface area contributed by atoms with Crippen molar-refractivity contribution in [3.8, 4) is 0 Å². The zero-order valence-corrected chi connectivity index (χ0v) is 10.0. The lowest BCUT2D eigenvalue weighted by atomic mass is 10.3. The van der Waals surface area contributed by atoms with Gasteiger partial charge in [-0.05, 0) is 12.1 Å². The maximum atomic E-state index is 12.4. The molecule has 0 radical (unpaired) electrons. The Morgan fingerprint density at radius 2 is 2.00 bits per heavy atom. The number of methoxy groups -OCH3 is 1. The number of rotatable bonds is 7. The normalized spacial score (nSPS) is 11.6. The molecule has 0 aromatic carbocycles. The fraction of sp³-hybridized carbons (Fsp3) is 0.545. The fourth-order valence-corrected chi connectivity index (χ4v) is 1.27. The first-order valence-corrected chi connectivity index (χ1v) is 5.52. The average molecular weight is 263 g/mol. The monoisotopic (exact) mass is 263 g/mol. The second kappa shape index (κ2) is 7.17. The second-order valence-electron chi connectivity index (χ2n) is 3.58. The van der Waals surface area contributed by atoms with Gasteiger partial charge in [0, 0.05) is 26.7 Å². The van der Waals surface area contributed by atoms with Gasteiger partial charge in [-0.2, -0.15) is 13.2 Å². The molecule has 0 aliphatic carbocycles. The number of hydrogen-bond donors (Lipinski definition) is 2. The first-order valence-electron chi connectivity index (χ1n) is 5.52. The van der Waals surface area contributed by atoms with Gasteiger partial charge in [0.1, 0.15) is 11.5 Å². The molecule has 0 saturated carbocycles. The molecule has 0 atom stereocenters. The lowest BCUT2D eigenvalue weighted by Crippen LogP contribution is -2.25. The molecule has 7 heteroatoms. The lowest BCUT2D eigenvalue weighted by Gasteiger charge is -2.09. The second-order valence-corrected chi connectivity index (χ2v) is 3.58. The minimum Gasteiger partial charge on any atom is -0.383 e. The van der Waals surface area contributed by atoms with Gasteiger partial charge in [-0.1, -0.05) is 6.07 Å². The number of pyridine rings is 1. The van der Waals surface area contributed by atoms with Crippen molar-refractivity contribution >= 4 is 5.82 Å². The highest BCUT2D eigenvalue weighted by atomic mass is 19.4. The van der Waals surface area contributed by atoms with E-state index in [9.17, 15) is 13.2 Å². The third-order valence-electron chi connectivity index (χ3n) is 2.13. The molecule has 0 aliphatic heterocycles. The van der Waals surface area contributed by atoms with Gasteiger partial charge in [-0.15, -0.1) is 0 Å². The highest BCUT2D eigenvalue weighted by molar-refractivity contribution is 5.35. The number of nitrogens with zero attached hydrogens (tertiary/aromatic N) is 1. The summed E-state index contributed by atoms with van der Waals surface area (Å²) in [5.41, 5.74) is -0.889. The third kappa shape index (κ3) is 5.33. The molecule has 0 fully saturated rings. The van der Waals surface area contributed by atoms with E-state index in [0.717, 1.165) is 6.07 Å². The van der Waals surface area contributed by atoms with Crippen molar-refractivity contribution in [1.29, 1.82) is 0 Å². The maximum Gasteiger partial charge on any atom is 0.433 e. The highest BCUT2D eigenvalue weighted by Gasteiger charge is 2.32. The summed E-state index contributed by atoms with van der Waals surface area (Å²) in [4.78, 5) is 3.49. The number of alkyl halides is 3. The third-order valence-corrected chi connectivity index (χ3v) is 2.13. The van der Waals surface area contributed by atoms with Crippen LogP contribution in [0.5, 0.6) is 0 Å². The van der Waals surface area contributed by atoms with Crippen molar-refractivity contribution in [3.05, 3.63) is 23.9 Å². The van der Waals surface area contributed by atoms with Gasteiger partial charge >= 0.3 is 6.18 Å². The Balaban J connectivity index is 2.34. The summed E-state index contributed by atoms with van der Waals surface area (Å²) in [6, 6.07) is 3.78. The molecule has 0 saturated heterocycles. The fourth-order valence-electron chi connectivity index (χ4n) is 1.27. The van der Waals surface area contributed by atoms with Gasteiger partial charge in [0.15, 0.2) is 0 Å². The Hall–Kier alpha value is -1.34. The van der Waals surface area contributed by atoms with Gasteiger partial charge in [-0.25, -0.2) is 4.98 Å². The number of aromatic nitrogens is 1.